The zero-order chi connectivity index (χ0) is 13.1. The van der Waals surface area contributed by atoms with Gasteiger partial charge in [-0.15, -0.1) is 0 Å². The molecule has 0 spiro atoms. The Labute approximate surface area is 114 Å². The highest BCUT2D eigenvalue weighted by atomic mass is 35.5. The van der Waals surface area contributed by atoms with Crippen LogP contribution in [-0.2, 0) is 0 Å². The maximum absolute atomic E-state index is 12.0. The van der Waals surface area contributed by atoms with Crippen molar-refractivity contribution in [3.05, 3.63) is 52.1 Å². The van der Waals surface area contributed by atoms with Crippen LogP contribution < -0.4 is 11.1 Å². The normalized spacial score (nSPS) is 10.1. The van der Waals surface area contributed by atoms with Gasteiger partial charge < -0.3 is 11.1 Å². The van der Waals surface area contributed by atoms with Gasteiger partial charge in [-0.1, -0.05) is 35.3 Å². The highest BCUT2D eigenvalue weighted by Crippen LogP contribution is 2.21. The Kier molecular flexibility index (Phi) is 3.69. The Hall–Kier alpha value is -1.78. The van der Waals surface area contributed by atoms with E-state index in [1.54, 1.807) is 24.3 Å². The number of nitrogens with zero attached hydrogens (tertiary/aromatic N) is 1. The molecule has 0 unspecified atom stereocenters. The van der Waals surface area contributed by atoms with Crippen molar-refractivity contribution in [2.45, 2.75) is 0 Å². The predicted octanol–water partition coefficient (Wildman–Crippen LogP) is 3.22. The molecule has 18 heavy (non-hydrogen) atoms. The number of anilines is 2. The molecule has 0 bridgehead atoms. The molecule has 3 N–H and O–H groups in total. The first kappa shape index (κ1) is 12.7. The molecule has 0 saturated carbocycles. The molecule has 1 amide bonds. The topological polar surface area (TPSA) is 68.0 Å². The van der Waals surface area contributed by atoms with E-state index in [1.165, 1.54) is 12.1 Å². The summed E-state index contributed by atoms with van der Waals surface area (Å²) in [5.41, 5.74) is 6.37. The maximum Gasteiger partial charge on any atom is 0.255 e. The molecule has 2 rings (SSSR count). The standard InChI is InChI=1S/C12H9Cl2N3O/c13-8-3-1-2-4-9(8)16-12(18)7-5-10(14)17-11(15)6-7/h1-6H,(H2,15,17)(H,16,18). The van der Waals surface area contributed by atoms with E-state index in [4.69, 9.17) is 28.9 Å². The van der Waals surface area contributed by atoms with E-state index in [0.29, 0.717) is 16.3 Å². The quantitative estimate of drug-likeness (QED) is 0.831. The molecule has 0 radical (unpaired) electrons. The lowest BCUT2D eigenvalue weighted by molar-refractivity contribution is 0.102. The molecule has 0 atom stereocenters. The number of halogens is 2. The molecule has 1 aromatic heterocycles. The van der Waals surface area contributed by atoms with Crippen LogP contribution in [0.5, 0.6) is 0 Å². The molecule has 1 aromatic carbocycles. The fraction of sp³-hybridized carbons (Fsp3) is 0. The van der Waals surface area contributed by atoms with E-state index >= 15 is 0 Å². The fourth-order valence-electron chi connectivity index (χ4n) is 1.41. The van der Waals surface area contributed by atoms with Gasteiger partial charge in [-0.3, -0.25) is 4.79 Å². The predicted molar refractivity (Wildman–Crippen MR) is 73.1 cm³/mol. The number of amides is 1. The second-order valence-electron chi connectivity index (χ2n) is 3.54. The van der Waals surface area contributed by atoms with E-state index in [9.17, 15) is 4.79 Å². The maximum atomic E-state index is 12.0. The van der Waals surface area contributed by atoms with Gasteiger partial charge in [0.25, 0.3) is 5.91 Å². The Morgan fingerprint density at radius 3 is 2.61 bits per heavy atom. The first-order valence-electron chi connectivity index (χ1n) is 5.05. The van der Waals surface area contributed by atoms with E-state index < -0.39 is 0 Å². The van der Waals surface area contributed by atoms with Crippen LogP contribution in [0.25, 0.3) is 0 Å². The molecule has 92 valence electrons. The van der Waals surface area contributed by atoms with E-state index in [1.807, 2.05) is 0 Å². The smallest absolute Gasteiger partial charge is 0.255 e. The molecule has 0 fully saturated rings. The van der Waals surface area contributed by atoms with Crippen LogP contribution in [0.15, 0.2) is 36.4 Å². The average molecular weight is 282 g/mol. The molecular formula is C12H9Cl2N3O. The van der Waals surface area contributed by atoms with Gasteiger partial charge in [0.1, 0.15) is 11.0 Å². The summed E-state index contributed by atoms with van der Waals surface area (Å²) in [7, 11) is 0. The van der Waals surface area contributed by atoms with Crippen LogP contribution in [0.1, 0.15) is 10.4 Å². The van der Waals surface area contributed by atoms with Crippen molar-refractivity contribution in [1.82, 2.24) is 4.98 Å². The number of carbonyl (C=O) groups is 1. The highest BCUT2D eigenvalue weighted by molar-refractivity contribution is 6.34. The zero-order valence-corrected chi connectivity index (χ0v) is 10.7. The fourth-order valence-corrected chi connectivity index (χ4v) is 1.80. The number of pyridine rings is 1. The van der Waals surface area contributed by atoms with Crippen LogP contribution in [0.3, 0.4) is 0 Å². The summed E-state index contributed by atoms with van der Waals surface area (Å²) in [4.78, 5) is 15.7. The number of nitrogens with two attached hydrogens (primary N) is 1. The lowest BCUT2D eigenvalue weighted by Gasteiger charge is -2.07. The first-order valence-corrected chi connectivity index (χ1v) is 5.81. The number of carbonyl (C=O) groups excluding carboxylic acids is 1. The minimum atomic E-state index is -0.348. The summed E-state index contributed by atoms with van der Waals surface area (Å²) in [6.45, 7) is 0. The number of rotatable bonds is 2. The highest BCUT2D eigenvalue weighted by Gasteiger charge is 2.10. The summed E-state index contributed by atoms with van der Waals surface area (Å²) in [5, 5.41) is 3.29. The Morgan fingerprint density at radius 2 is 1.94 bits per heavy atom. The number of aromatic nitrogens is 1. The van der Waals surface area contributed by atoms with Crippen molar-refractivity contribution in [3.63, 3.8) is 0 Å². The summed E-state index contributed by atoms with van der Waals surface area (Å²) < 4.78 is 0. The Balaban J connectivity index is 2.25. The average Bonchev–Trinajstić information content (AvgIpc) is 2.31. The third kappa shape index (κ3) is 2.91. The Morgan fingerprint density at radius 1 is 1.22 bits per heavy atom. The van der Waals surface area contributed by atoms with Gasteiger partial charge in [0, 0.05) is 5.56 Å². The summed E-state index contributed by atoms with van der Waals surface area (Å²) >= 11 is 11.7. The molecule has 0 aliphatic carbocycles. The Bertz CT molecular complexity index is 581. The second-order valence-corrected chi connectivity index (χ2v) is 4.33. The minimum absolute atomic E-state index is 0.166. The van der Waals surface area contributed by atoms with Crippen molar-refractivity contribution >= 4 is 40.6 Å². The van der Waals surface area contributed by atoms with Crippen LogP contribution >= 0.6 is 23.2 Å². The SMILES string of the molecule is Nc1cc(C(=O)Nc2ccccc2Cl)cc(Cl)n1. The minimum Gasteiger partial charge on any atom is -0.384 e. The van der Waals surface area contributed by atoms with Crippen LogP contribution in [0.4, 0.5) is 11.5 Å². The molecule has 6 heteroatoms. The monoisotopic (exact) mass is 281 g/mol. The van der Waals surface area contributed by atoms with Crippen molar-refractivity contribution in [2.75, 3.05) is 11.1 Å². The van der Waals surface area contributed by atoms with E-state index in [0.717, 1.165) is 0 Å². The van der Waals surface area contributed by atoms with Gasteiger partial charge in [-0.25, -0.2) is 4.98 Å². The van der Waals surface area contributed by atoms with Crippen LogP contribution in [-0.4, -0.2) is 10.9 Å². The van der Waals surface area contributed by atoms with Gasteiger partial charge in [0.05, 0.1) is 10.7 Å². The number of hydrogen-bond donors (Lipinski definition) is 2. The number of benzene rings is 1. The van der Waals surface area contributed by atoms with Crippen LogP contribution in [0.2, 0.25) is 10.2 Å². The summed E-state index contributed by atoms with van der Waals surface area (Å²) in [5.74, 6) is -0.161. The molecular weight excluding hydrogens is 273 g/mol. The third-order valence-electron chi connectivity index (χ3n) is 2.20. The number of hydrogen-bond acceptors (Lipinski definition) is 3. The number of nitrogens with one attached hydrogen (secondary N) is 1. The van der Waals surface area contributed by atoms with Crippen molar-refractivity contribution < 1.29 is 4.79 Å². The summed E-state index contributed by atoms with van der Waals surface area (Å²) in [6, 6.07) is 9.81. The second kappa shape index (κ2) is 5.25. The summed E-state index contributed by atoms with van der Waals surface area (Å²) in [6.07, 6.45) is 0. The number of para-hydroxylation sites is 1. The molecule has 0 saturated heterocycles. The molecule has 0 aliphatic heterocycles. The molecule has 0 aliphatic rings. The lowest BCUT2D eigenvalue weighted by Crippen LogP contribution is -2.13. The molecule has 4 nitrogen and oxygen atoms in total. The van der Waals surface area contributed by atoms with Gasteiger partial charge >= 0.3 is 0 Å². The van der Waals surface area contributed by atoms with Crippen LogP contribution in [0, 0.1) is 0 Å². The zero-order valence-electron chi connectivity index (χ0n) is 9.15. The largest absolute Gasteiger partial charge is 0.384 e. The van der Waals surface area contributed by atoms with E-state index in [2.05, 4.69) is 10.3 Å². The van der Waals surface area contributed by atoms with E-state index in [-0.39, 0.29) is 16.9 Å². The van der Waals surface area contributed by atoms with Crippen molar-refractivity contribution in [2.24, 2.45) is 0 Å². The molecule has 2 aromatic rings. The van der Waals surface area contributed by atoms with Crippen molar-refractivity contribution in [3.8, 4) is 0 Å². The lowest BCUT2D eigenvalue weighted by atomic mass is 10.2. The number of nitrogen functional groups attached to an aromatic ring is 1. The van der Waals surface area contributed by atoms with Gasteiger partial charge in [0.2, 0.25) is 0 Å². The molecule has 1 heterocycles. The van der Waals surface area contributed by atoms with Gasteiger partial charge in [0.15, 0.2) is 0 Å². The first-order chi connectivity index (χ1) is 8.56. The third-order valence-corrected chi connectivity index (χ3v) is 2.72. The van der Waals surface area contributed by atoms with Gasteiger partial charge in [-0.2, -0.15) is 0 Å². The van der Waals surface area contributed by atoms with Crippen molar-refractivity contribution in [1.29, 1.82) is 0 Å². The van der Waals surface area contributed by atoms with Gasteiger partial charge in [-0.05, 0) is 24.3 Å².